The summed E-state index contributed by atoms with van der Waals surface area (Å²) >= 11 is 9.35. The summed E-state index contributed by atoms with van der Waals surface area (Å²) in [6, 6.07) is 22.6. The Hall–Kier alpha value is -3.09. The maximum atomic E-state index is 12.7. The average molecular weight is 497 g/mol. The van der Waals surface area contributed by atoms with Crippen molar-refractivity contribution in [1.29, 1.82) is 0 Å². The topological polar surface area (TPSA) is 56.2 Å². The van der Waals surface area contributed by atoms with Crippen LogP contribution in [0.2, 0.25) is 5.02 Å². The van der Waals surface area contributed by atoms with Gasteiger partial charge in [0.15, 0.2) is 0 Å². The van der Waals surface area contributed by atoms with E-state index in [1.165, 1.54) is 0 Å². The molecule has 0 aliphatic carbocycles. The first-order valence-corrected chi connectivity index (χ1v) is 10.8. The molecule has 4 rings (SSSR count). The molecule has 4 aromatic rings. The maximum absolute atomic E-state index is 12.7. The number of hydrogen-bond acceptors (Lipinski definition) is 3. The lowest BCUT2D eigenvalue weighted by atomic mass is 10.1. The van der Waals surface area contributed by atoms with Crippen molar-refractivity contribution in [1.82, 2.24) is 9.78 Å². The Morgan fingerprint density at radius 2 is 1.84 bits per heavy atom. The third-order valence-corrected chi connectivity index (χ3v) is 5.28. The number of halogens is 2. The fourth-order valence-electron chi connectivity index (χ4n) is 3.02. The number of anilines is 1. The smallest absolute Gasteiger partial charge is 0.255 e. The number of hydrogen-bond donors (Lipinski definition) is 1. The van der Waals surface area contributed by atoms with Crippen molar-refractivity contribution in [2.24, 2.45) is 0 Å². The van der Waals surface area contributed by atoms with Crippen LogP contribution in [0.25, 0.3) is 0 Å². The number of carbonyl (C=O) groups is 1. The maximum Gasteiger partial charge on any atom is 0.255 e. The van der Waals surface area contributed by atoms with Gasteiger partial charge >= 0.3 is 0 Å². The minimum absolute atomic E-state index is 0.199. The molecule has 1 aromatic heterocycles. The molecule has 1 N–H and O–H groups in total. The molecule has 0 bridgehead atoms. The molecule has 0 saturated heterocycles. The van der Waals surface area contributed by atoms with Crippen LogP contribution in [0.15, 0.2) is 89.7 Å². The Morgan fingerprint density at radius 3 is 2.65 bits per heavy atom. The molecule has 31 heavy (non-hydrogen) atoms. The van der Waals surface area contributed by atoms with Gasteiger partial charge in [0.2, 0.25) is 0 Å². The number of nitrogens with one attached hydrogen (secondary N) is 1. The van der Waals surface area contributed by atoms with Crippen LogP contribution < -0.4 is 10.1 Å². The number of ether oxygens (including phenoxy) is 1. The summed E-state index contributed by atoms with van der Waals surface area (Å²) in [5.41, 5.74) is 3.17. The second-order valence-corrected chi connectivity index (χ2v) is 8.31. The van der Waals surface area contributed by atoms with E-state index in [1.807, 2.05) is 66.7 Å². The van der Waals surface area contributed by atoms with Gasteiger partial charge in [0, 0.05) is 21.3 Å². The molecule has 0 unspecified atom stereocenters. The van der Waals surface area contributed by atoms with E-state index in [-0.39, 0.29) is 5.91 Å². The van der Waals surface area contributed by atoms with E-state index in [0.717, 1.165) is 21.3 Å². The Labute approximate surface area is 193 Å². The number of carbonyl (C=O) groups excluding carboxylic acids is 1. The Bertz CT molecular complexity index is 1190. The zero-order valence-electron chi connectivity index (χ0n) is 16.5. The molecule has 156 valence electrons. The molecule has 1 heterocycles. The first-order chi connectivity index (χ1) is 15.0. The highest BCUT2D eigenvalue weighted by molar-refractivity contribution is 9.10. The Morgan fingerprint density at radius 1 is 1.03 bits per heavy atom. The zero-order chi connectivity index (χ0) is 21.6. The van der Waals surface area contributed by atoms with Crippen LogP contribution in [0, 0.1) is 0 Å². The molecular weight excluding hydrogens is 478 g/mol. The van der Waals surface area contributed by atoms with Crippen LogP contribution in [0.1, 0.15) is 21.5 Å². The lowest BCUT2D eigenvalue weighted by Gasteiger charge is -2.08. The zero-order valence-corrected chi connectivity index (χ0v) is 18.8. The summed E-state index contributed by atoms with van der Waals surface area (Å²) in [7, 11) is 0. The second-order valence-electron chi connectivity index (χ2n) is 6.95. The van der Waals surface area contributed by atoms with Gasteiger partial charge in [-0.2, -0.15) is 5.10 Å². The predicted molar refractivity (Wildman–Crippen MR) is 126 cm³/mol. The molecule has 0 aliphatic rings. The van der Waals surface area contributed by atoms with Crippen molar-refractivity contribution in [2.75, 3.05) is 5.32 Å². The number of benzene rings is 3. The van der Waals surface area contributed by atoms with Crippen molar-refractivity contribution < 1.29 is 9.53 Å². The predicted octanol–water partition coefficient (Wildman–Crippen LogP) is 6.18. The average Bonchev–Trinajstić information content (AvgIpc) is 3.21. The van der Waals surface area contributed by atoms with Crippen LogP contribution in [-0.2, 0) is 13.2 Å². The molecule has 1 amide bonds. The molecule has 0 fully saturated rings. The van der Waals surface area contributed by atoms with Gasteiger partial charge in [-0.3, -0.25) is 9.48 Å². The minimum atomic E-state index is -0.199. The molecule has 0 saturated carbocycles. The largest absolute Gasteiger partial charge is 0.489 e. The molecular formula is C24H19BrClN3O2. The number of amides is 1. The van der Waals surface area contributed by atoms with Gasteiger partial charge < -0.3 is 10.1 Å². The molecule has 3 aromatic carbocycles. The third-order valence-electron chi connectivity index (χ3n) is 4.54. The van der Waals surface area contributed by atoms with Gasteiger partial charge in [0.05, 0.1) is 18.4 Å². The van der Waals surface area contributed by atoms with Crippen molar-refractivity contribution >= 4 is 39.1 Å². The molecule has 7 heteroatoms. The van der Waals surface area contributed by atoms with Gasteiger partial charge in [0.1, 0.15) is 12.4 Å². The van der Waals surface area contributed by atoms with E-state index < -0.39 is 0 Å². The van der Waals surface area contributed by atoms with Crippen molar-refractivity contribution in [3.05, 3.63) is 111 Å². The van der Waals surface area contributed by atoms with E-state index in [9.17, 15) is 4.79 Å². The van der Waals surface area contributed by atoms with Crippen LogP contribution in [-0.4, -0.2) is 15.7 Å². The van der Waals surface area contributed by atoms with Crippen LogP contribution in [0.4, 0.5) is 5.69 Å². The molecule has 0 radical (unpaired) electrons. The fourth-order valence-corrected chi connectivity index (χ4v) is 3.52. The highest BCUT2D eigenvalue weighted by Crippen LogP contribution is 2.19. The number of rotatable bonds is 7. The molecule has 0 aliphatic heterocycles. The standard InChI is InChI=1S/C24H19BrClN3O2/c25-20-5-2-6-23(12-20)31-16-18-3-1-4-19(11-18)24(30)28-22-13-27-29(15-22)14-17-7-9-21(26)10-8-17/h1-13,15H,14,16H2,(H,28,30). The quantitative estimate of drug-likeness (QED) is 0.332. The van der Waals surface area contributed by atoms with Crippen molar-refractivity contribution in [3.8, 4) is 5.75 Å². The minimum Gasteiger partial charge on any atom is -0.489 e. The summed E-state index contributed by atoms with van der Waals surface area (Å²) in [5, 5.41) is 7.90. The summed E-state index contributed by atoms with van der Waals surface area (Å²) in [6.45, 7) is 0.964. The summed E-state index contributed by atoms with van der Waals surface area (Å²) in [6.07, 6.45) is 3.43. The van der Waals surface area contributed by atoms with Gasteiger partial charge in [-0.25, -0.2) is 0 Å². The monoisotopic (exact) mass is 495 g/mol. The van der Waals surface area contributed by atoms with Crippen molar-refractivity contribution in [3.63, 3.8) is 0 Å². The van der Waals surface area contributed by atoms with Crippen molar-refractivity contribution in [2.45, 2.75) is 13.2 Å². The van der Waals surface area contributed by atoms with E-state index in [0.29, 0.717) is 29.4 Å². The second kappa shape index (κ2) is 9.81. The lowest BCUT2D eigenvalue weighted by Crippen LogP contribution is -2.12. The SMILES string of the molecule is O=C(Nc1cnn(Cc2ccc(Cl)cc2)c1)c1cccc(COc2cccc(Br)c2)c1. The van der Waals surface area contributed by atoms with E-state index in [2.05, 4.69) is 26.3 Å². The Balaban J connectivity index is 1.37. The highest BCUT2D eigenvalue weighted by Gasteiger charge is 2.09. The van der Waals surface area contributed by atoms with E-state index in [4.69, 9.17) is 16.3 Å². The number of nitrogens with zero attached hydrogens (tertiary/aromatic N) is 2. The van der Waals surface area contributed by atoms with Gasteiger partial charge in [-0.05, 0) is 53.6 Å². The normalized spacial score (nSPS) is 10.6. The molecule has 0 spiro atoms. The first kappa shape index (κ1) is 21.2. The van der Waals surface area contributed by atoms with Crippen LogP contribution in [0.3, 0.4) is 0 Å². The van der Waals surface area contributed by atoms with E-state index >= 15 is 0 Å². The first-order valence-electron chi connectivity index (χ1n) is 9.61. The van der Waals surface area contributed by atoms with Crippen LogP contribution in [0.5, 0.6) is 5.75 Å². The molecule has 0 atom stereocenters. The number of aromatic nitrogens is 2. The summed E-state index contributed by atoms with van der Waals surface area (Å²) < 4.78 is 8.53. The highest BCUT2D eigenvalue weighted by atomic mass is 79.9. The summed E-state index contributed by atoms with van der Waals surface area (Å²) in [5.74, 6) is 0.563. The summed E-state index contributed by atoms with van der Waals surface area (Å²) in [4.78, 5) is 12.7. The van der Waals surface area contributed by atoms with Gasteiger partial charge in [0.25, 0.3) is 5.91 Å². The van der Waals surface area contributed by atoms with Gasteiger partial charge in [-0.15, -0.1) is 0 Å². The van der Waals surface area contributed by atoms with Gasteiger partial charge in [-0.1, -0.05) is 57.9 Å². The molecule has 5 nitrogen and oxygen atoms in total. The Kier molecular flexibility index (Phi) is 6.70. The lowest BCUT2D eigenvalue weighted by molar-refractivity contribution is 0.102. The fraction of sp³-hybridized carbons (Fsp3) is 0.0833. The van der Waals surface area contributed by atoms with Crippen LogP contribution >= 0.6 is 27.5 Å². The van der Waals surface area contributed by atoms with E-state index in [1.54, 1.807) is 23.1 Å². The third kappa shape index (κ3) is 5.96.